The van der Waals surface area contributed by atoms with Crippen LogP contribution in [0.2, 0.25) is 0 Å². The third-order valence-corrected chi connectivity index (χ3v) is 1.18. The molecule has 0 aliphatic rings. The van der Waals surface area contributed by atoms with Crippen LogP contribution in [0.25, 0.3) is 0 Å². The van der Waals surface area contributed by atoms with Crippen LogP contribution < -0.4 is 5.32 Å². The van der Waals surface area contributed by atoms with Gasteiger partial charge in [-0.05, 0) is 12.8 Å². The highest BCUT2D eigenvalue weighted by Gasteiger charge is 2.00. The second-order valence-electron chi connectivity index (χ2n) is 2.35. The summed E-state index contributed by atoms with van der Waals surface area (Å²) < 4.78 is 4.73. The molecular formula is C8H16NO2. The van der Waals surface area contributed by atoms with Gasteiger partial charge in [0.25, 0.3) is 0 Å². The van der Waals surface area contributed by atoms with Gasteiger partial charge in [0.1, 0.15) is 0 Å². The first kappa shape index (κ1) is 10.3. The number of nitrogens with zero attached hydrogens (tertiary/aromatic N) is 1. The van der Waals surface area contributed by atoms with Gasteiger partial charge < -0.3 is 4.74 Å². The van der Waals surface area contributed by atoms with Crippen LogP contribution in [0.1, 0.15) is 33.1 Å². The van der Waals surface area contributed by atoms with Crippen molar-refractivity contribution in [3.8, 4) is 0 Å². The minimum Gasteiger partial charge on any atom is -0.448 e. The predicted octanol–water partition coefficient (Wildman–Crippen LogP) is 1.94. The summed E-state index contributed by atoms with van der Waals surface area (Å²) >= 11 is 0. The van der Waals surface area contributed by atoms with Crippen molar-refractivity contribution in [1.29, 1.82) is 0 Å². The molecule has 0 atom stereocenters. The molecule has 3 heteroatoms. The van der Waals surface area contributed by atoms with Gasteiger partial charge in [-0.25, -0.2) is 10.1 Å². The number of unbranched alkanes of at least 4 members (excludes halogenated alkanes) is 1. The van der Waals surface area contributed by atoms with E-state index in [0.717, 1.165) is 19.3 Å². The first-order valence-electron chi connectivity index (χ1n) is 4.15. The molecule has 1 amide bonds. The molecule has 0 fully saturated rings. The van der Waals surface area contributed by atoms with E-state index in [2.05, 4.69) is 12.2 Å². The van der Waals surface area contributed by atoms with Gasteiger partial charge >= 0.3 is 6.09 Å². The number of carbonyl (C=O) groups is 1. The zero-order valence-electron chi connectivity index (χ0n) is 7.30. The fourth-order valence-corrected chi connectivity index (χ4v) is 0.563. The van der Waals surface area contributed by atoms with Crippen molar-refractivity contribution in [2.45, 2.75) is 33.1 Å². The Balaban J connectivity index is 3.09. The Hall–Kier alpha value is -0.730. The Labute approximate surface area is 68.1 Å². The molecule has 0 aromatic carbocycles. The van der Waals surface area contributed by atoms with E-state index in [9.17, 15) is 4.79 Å². The van der Waals surface area contributed by atoms with Crippen LogP contribution in [0.4, 0.5) is 4.79 Å². The molecule has 0 unspecified atom stereocenters. The molecule has 0 N–H and O–H groups in total. The van der Waals surface area contributed by atoms with Crippen LogP contribution in [-0.2, 0) is 4.74 Å². The quantitative estimate of drug-likeness (QED) is 0.573. The van der Waals surface area contributed by atoms with E-state index in [0.29, 0.717) is 13.2 Å². The number of amides is 1. The van der Waals surface area contributed by atoms with Crippen molar-refractivity contribution < 1.29 is 9.53 Å². The molecule has 0 aliphatic carbocycles. The molecule has 11 heavy (non-hydrogen) atoms. The van der Waals surface area contributed by atoms with E-state index in [1.54, 1.807) is 0 Å². The van der Waals surface area contributed by atoms with E-state index in [1.165, 1.54) is 0 Å². The third kappa shape index (κ3) is 7.16. The Morgan fingerprint density at radius 3 is 2.64 bits per heavy atom. The monoisotopic (exact) mass is 158 g/mol. The molecule has 0 aliphatic heterocycles. The maximum absolute atomic E-state index is 10.7. The molecule has 3 nitrogen and oxygen atoms in total. The zero-order chi connectivity index (χ0) is 8.53. The molecule has 0 saturated carbocycles. The van der Waals surface area contributed by atoms with Crippen molar-refractivity contribution in [3.63, 3.8) is 0 Å². The average Bonchev–Trinajstić information content (AvgIpc) is 2.01. The maximum Gasteiger partial charge on any atom is 0.428 e. The number of hydrogen-bond donors (Lipinski definition) is 0. The topological polar surface area (TPSA) is 40.4 Å². The van der Waals surface area contributed by atoms with E-state index in [1.807, 2.05) is 6.92 Å². The van der Waals surface area contributed by atoms with Crippen molar-refractivity contribution in [2.75, 3.05) is 13.2 Å². The molecule has 0 rings (SSSR count). The van der Waals surface area contributed by atoms with Crippen LogP contribution >= 0.6 is 0 Å². The van der Waals surface area contributed by atoms with Crippen LogP contribution in [0, 0.1) is 0 Å². The lowest BCUT2D eigenvalue weighted by molar-refractivity contribution is 0.145. The fourth-order valence-electron chi connectivity index (χ4n) is 0.563. The largest absolute Gasteiger partial charge is 0.448 e. The normalized spacial score (nSPS) is 9.27. The SMILES string of the molecule is CCCC[N]C(=O)OCCC. The van der Waals surface area contributed by atoms with Crippen LogP contribution in [0.5, 0.6) is 0 Å². The smallest absolute Gasteiger partial charge is 0.428 e. The Morgan fingerprint density at radius 1 is 1.36 bits per heavy atom. The highest BCUT2D eigenvalue weighted by molar-refractivity contribution is 5.66. The molecule has 0 aromatic heterocycles. The molecular weight excluding hydrogens is 142 g/mol. The Kier molecular flexibility index (Phi) is 6.89. The highest BCUT2D eigenvalue weighted by Crippen LogP contribution is 1.87. The number of hydrogen-bond acceptors (Lipinski definition) is 2. The fraction of sp³-hybridized carbons (Fsp3) is 0.875. The molecule has 0 aromatic rings. The van der Waals surface area contributed by atoms with Gasteiger partial charge in [0.2, 0.25) is 0 Å². The van der Waals surface area contributed by atoms with E-state index in [-0.39, 0.29) is 0 Å². The Bertz CT molecular complexity index is 104. The summed E-state index contributed by atoms with van der Waals surface area (Å²) in [7, 11) is 0. The standard InChI is InChI=1S/C8H16NO2/c1-3-5-6-9-8(10)11-7-4-2/h3-7H2,1-2H3. The Morgan fingerprint density at radius 2 is 2.09 bits per heavy atom. The van der Waals surface area contributed by atoms with E-state index < -0.39 is 6.09 Å². The molecule has 0 bridgehead atoms. The lowest BCUT2D eigenvalue weighted by atomic mass is 10.3. The van der Waals surface area contributed by atoms with E-state index in [4.69, 9.17) is 4.74 Å². The van der Waals surface area contributed by atoms with Crippen LogP contribution in [0.15, 0.2) is 0 Å². The molecule has 65 valence electrons. The van der Waals surface area contributed by atoms with E-state index >= 15 is 0 Å². The molecule has 0 heterocycles. The summed E-state index contributed by atoms with van der Waals surface area (Å²) in [6, 6.07) is 0. The number of ether oxygens (including phenoxy) is 1. The van der Waals surface area contributed by atoms with Crippen LogP contribution in [-0.4, -0.2) is 19.2 Å². The second-order valence-corrected chi connectivity index (χ2v) is 2.35. The van der Waals surface area contributed by atoms with Crippen molar-refractivity contribution in [3.05, 3.63) is 0 Å². The van der Waals surface area contributed by atoms with Crippen molar-refractivity contribution in [2.24, 2.45) is 0 Å². The number of carbonyl (C=O) groups excluding carboxylic acids is 1. The lowest BCUT2D eigenvalue weighted by Gasteiger charge is -2.01. The van der Waals surface area contributed by atoms with Gasteiger partial charge in [-0.3, -0.25) is 0 Å². The van der Waals surface area contributed by atoms with Gasteiger partial charge in [0.15, 0.2) is 0 Å². The average molecular weight is 158 g/mol. The highest BCUT2D eigenvalue weighted by atomic mass is 16.5. The summed E-state index contributed by atoms with van der Waals surface area (Å²) in [5, 5.41) is 3.69. The van der Waals surface area contributed by atoms with Gasteiger partial charge in [0.05, 0.1) is 6.61 Å². The first-order valence-corrected chi connectivity index (χ1v) is 4.15. The molecule has 0 spiro atoms. The van der Waals surface area contributed by atoms with Gasteiger partial charge in [-0.15, -0.1) is 0 Å². The molecule has 0 saturated heterocycles. The van der Waals surface area contributed by atoms with Crippen LogP contribution in [0.3, 0.4) is 0 Å². The summed E-state index contributed by atoms with van der Waals surface area (Å²) in [6.45, 7) is 5.10. The minimum absolute atomic E-state index is 0.416. The maximum atomic E-state index is 10.7. The van der Waals surface area contributed by atoms with Crippen molar-refractivity contribution >= 4 is 6.09 Å². The minimum atomic E-state index is -0.416. The summed E-state index contributed by atoms with van der Waals surface area (Å²) in [5.41, 5.74) is 0. The van der Waals surface area contributed by atoms with Crippen molar-refractivity contribution in [1.82, 2.24) is 5.32 Å². The first-order chi connectivity index (χ1) is 5.31. The predicted molar refractivity (Wildman–Crippen MR) is 43.5 cm³/mol. The lowest BCUT2D eigenvalue weighted by Crippen LogP contribution is -2.18. The summed E-state index contributed by atoms with van der Waals surface area (Å²) in [4.78, 5) is 10.7. The van der Waals surface area contributed by atoms with Gasteiger partial charge in [-0.2, -0.15) is 0 Å². The summed E-state index contributed by atoms with van der Waals surface area (Å²) in [6.07, 6.45) is 2.46. The summed E-state index contributed by atoms with van der Waals surface area (Å²) in [5.74, 6) is 0. The zero-order valence-corrected chi connectivity index (χ0v) is 7.30. The number of rotatable bonds is 5. The van der Waals surface area contributed by atoms with Gasteiger partial charge in [0, 0.05) is 6.54 Å². The van der Waals surface area contributed by atoms with Gasteiger partial charge in [-0.1, -0.05) is 20.3 Å². The third-order valence-electron chi connectivity index (χ3n) is 1.18. The molecule has 1 radical (unpaired) electrons. The second kappa shape index (κ2) is 7.38.